The van der Waals surface area contributed by atoms with E-state index in [0.717, 1.165) is 161 Å². The first-order valence-corrected chi connectivity index (χ1v) is 31.2. The number of hydrogen-bond donors (Lipinski definition) is 4. The van der Waals surface area contributed by atoms with Crippen molar-refractivity contribution in [1.82, 2.24) is 20.6 Å². The Morgan fingerprint density at radius 1 is 0.566 bits per heavy atom. The fourth-order valence-electron chi connectivity index (χ4n) is 15.5. The molecule has 414 valence electrons. The Morgan fingerprint density at radius 2 is 1.01 bits per heavy atom. The van der Waals surface area contributed by atoms with Crippen molar-refractivity contribution in [3.8, 4) is 11.5 Å². The molecule has 2 spiro atoms. The highest BCUT2D eigenvalue weighted by Crippen LogP contribution is 2.55. The lowest BCUT2D eigenvalue weighted by molar-refractivity contribution is -0.160. The topological polar surface area (TPSA) is 186 Å². The molecule has 4 bridgehead atoms. The standard InChI is InChI=1S/C30H40N2O3.C20H24N2O3.C12H22O3S/c33-27(34)29-14-17-30(18-15-29,19-16-29)31-21-23-5-4-22-20-25(6-7-26(22)32-23)35-24-8-12-28(13-9-24)10-2-1-3-11-28;1-25-18(24)19-6-9-20(10-7-19,11-8-19)21-13-15-3-2-14-12-16(23)4-5-17(14)22-15;1-16(13,14)15-11-5-9-12(10-6-11)7-3-2-4-8-12/h4-7,20,24,31H,1-3,8-19,21H2,(H,33,34);2-5,12,21,23H,6-11,13H2,1H3;11H,2-10H2,1H3. The van der Waals surface area contributed by atoms with E-state index in [9.17, 15) is 28.2 Å². The number of carbonyl (C=O) groups excluding carboxylic acids is 1. The summed E-state index contributed by atoms with van der Waals surface area (Å²) in [5.41, 5.74) is 4.64. The van der Waals surface area contributed by atoms with Gasteiger partial charge in [-0.3, -0.25) is 23.7 Å². The number of phenolic OH excluding ortho intramolecular Hbond substituents is 1. The molecule has 0 aliphatic heterocycles. The number of nitrogens with zero attached hydrogens (tertiary/aromatic N) is 2. The van der Waals surface area contributed by atoms with E-state index in [-0.39, 0.29) is 34.3 Å². The minimum Gasteiger partial charge on any atom is -0.508 e. The highest BCUT2D eigenvalue weighted by atomic mass is 32.2. The average molecular weight is 1060 g/mol. The van der Waals surface area contributed by atoms with Crippen molar-refractivity contribution in [2.24, 2.45) is 21.7 Å². The summed E-state index contributed by atoms with van der Waals surface area (Å²) in [6, 6.07) is 19.9. The molecule has 10 saturated carbocycles. The molecule has 10 aliphatic carbocycles. The van der Waals surface area contributed by atoms with Gasteiger partial charge >= 0.3 is 11.9 Å². The lowest BCUT2D eigenvalue weighted by Crippen LogP contribution is -2.56. The van der Waals surface area contributed by atoms with Crippen LogP contribution in [0.1, 0.15) is 204 Å². The highest BCUT2D eigenvalue weighted by molar-refractivity contribution is 7.86. The van der Waals surface area contributed by atoms with Crippen molar-refractivity contribution in [2.75, 3.05) is 13.4 Å². The van der Waals surface area contributed by atoms with Crippen LogP contribution in [0.2, 0.25) is 0 Å². The third-order valence-corrected chi connectivity index (χ3v) is 21.4. The second-order valence-electron chi connectivity index (χ2n) is 25.4. The number of rotatable bonds is 12. The van der Waals surface area contributed by atoms with Crippen LogP contribution in [0.3, 0.4) is 0 Å². The third kappa shape index (κ3) is 12.7. The van der Waals surface area contributed by atoms with Crippen molar-refractivity contribution in [3.05, 3.63) is 72.1 Å². The Morgan fingerprint density at radius 3 is 1.47 bits per heavy atom. The third-order valence-electron chi connectivity index (χ3n) is 20.7. The fraction of sp³-hybridized carbons (Fsp3) is 0.677. The molecule has 14 rings (SSSR count). The maximum absolute atomic E-state index is 12.1. The van der Waals surface area contributed by atoms with Gasteiger partial charge in [0.05, 0.1) is 58.8 Å². The van der Waals surface area contributed by atoms with Crippen LogP contribution in [-0.4, -0.2) is 77.2 Å². The molecule has 0 amide bonds. The SMILES string of the molecule is COC(=O)C12CCC(NCc3ccc4cc(O)ccc4n3)(CC1)CC2.CS(=O)(=O)OC1CCC2(CCCCC2)CC1.O=C(O)C12CCC(NCc3ccc4cc(OC5CCC6(CCCCC6)CC5)ccc4n3)(CC1)CC2. The number of aromatic hydroxyl groups is 1. The number of carboxylic acids is 1. The second kappa shape index (κ2) is 22.8. The first-order valence-electron chi connectivity index (χ1n) is 29.4. The van der Waals surface area contributed by atoms with Gasteiger partial charge in [-0.2, -0.15) is 8.42 Å². The molecule has 0 saturated heterocycles. The fourth-order valence-corrected chi connectivity index (χ4v) is 16.2. The number of carbonyl (C=O) groups is 2. The number of phenols is 1. The van der Waals surface area contributed by atoms with Gasteiger partial charge in [-0.25, -0.2) is 0 Å². The quantitative estimate of drug-likeness (QED) is 0.0776. The molecule has 14 heteroatoms. The van der Waals surface area contributed by atoms with Crippen molar-refractivity contribution in [2.45, 2.75) is 229 Å². The zero-order valence-electron chi connectivity index (χ0n) is 45.6. The van der Waals surface area contributed by atoms with E-state index < -0.39 is 21.5 Å². The number of aliphatic carboxylic acids is 1. The van der Waals surface area contributed by atoms with Gasteiger partial charge < -0.3 is 30.3 Å². The lowest BCUT2D eigenvalue weighted by Gasteiger charge is -2.52. The zero-order valence-corrected chi connectivity index (χ0v) is 46.4. The molecule has 10 aliphatic rings. The van der Waals surface area contributed by atoms with Crippen LogP contribution in [-0.2, 0) is 41.7 Å². The van der Waals surface area contributed by atoms with E-state index in [1.807, 2.05) is 18.2 Å². The van der Waals surface area contributed by atoms with E-state index >= 15 is 0 Å². The summed E-state index contributed by atoms with van der Waals surface area (Å²) in [7, 11) is -1.77. The minimum atomic E-state index is -3.27. The number of aromatic nitrogens is 2. The highest BCUT2D eigenvalue weighted by Gasteiger charge is 2.54. The van der Waals surface area contributed by atoms with E-state index in [2.05, 4.69) is 45.9 Å². The van der Waals surface area contributed by atoms with Gasteiger partial charge in [0.15, 0.2) is 0 Å². The number of esters is 1. The van der Waals surface area contributed by atoms with Gasteiger partial charge in [0.2, 0.25) is 0 Å². The van der Waals surface area contributed by atoms with E-state index in [1.165, 1.54) is 97.0 Å². The monoisotopic (exact) mass is 1060 g/mol. The smallest absolute Gasteiger partial charge is 0.311 e. The van der Waals surface area contributed by atoms with Gasteiger partial charge in [-0.05, 0) is 213 Å². The maximum atomic E-state index is 12.1. The number of methoxy groups -OCH3 is 1. The Bertz CT molecular complexity index is 2740. The predicted octanol–water partition coefficient (Wildman–Crippen LogP) is 12.9. The number of carboxylic acid groups (broad SMARTS) is 1. The van der Waals surface area contributed by atoms with Gasteiger partial charge in [0.25, 0.3) is 10.1 Å². The second-order valence-corrected chi connectivity index (χ2v) is 27.0. The van der Waals surface area contributed by atoms with Crippen molar-refractivity contribution in [3.63, 3.8) is 0 Å². The summed E-state index contributed by atoms with van der Waals surface area (Å²) in [5.74, 6) is 0.611. The predicted molar refractivity (Wildman–Crippen MR) is 296 cm³/mol. The summed E-state index contributed by atoms with van der Waals surface area (Å²) in [6.45, 7) is 1.46. The van der Waals surface area contributed by atoms with Gasteiger partial charge in [0.1, 0.15) is 11.5 Å². The van der Waals surface area contributed by atoms with Gasteiger partial charge in [-0.15, -0.1) is 0 Å². The molecule has 4 N–H and O–H groups in total. The van der Waals surface area contributed by atoms with Gasteiger partial charge in [0, 0.05) is 34.9 Å². The molecule has 2 aromatic heterocycles. The van der Waals surface area contributed by atoms with Crippen LogP contribution < -0.4 is 15.4 Å². The van der Waals surface area contributed by atoms with Crippen LogP contribution in [0, 0.1) is 21.7 Å². The first kappa shape index (κ1) is 55.0. The molecule has 0 radical (unpaired) electrons. The molecule has 4 aromatic rings. The molecule has 10 fully saturated rings. The maximum Gasteiger partial charge on any atom is 0.311 e. The summed E-state index contributed by atoms with van der Waals surface area (Å²) in [5, 5.41) is 28.7. The molecule has 2 heterocycles. The summed E-state index contributed by atoms with van der Waals surface area (Å²) in [4.78, 5) is 33.4. The zero-order chi connectivity index (χ0) is 53.1. The summed E-state index contributed by atoms with van der Waals surface area (Å²) < 4.78 is 38.6. The Hall–Kier alpha value is -4.37. The summed E-state index contributed by atoms with van der Waals surface area (Å²) in [6.07, 6.45) is 35.6. The molecule has 13 nitrogen and oxygen atoms in total. The average Bonchev–Trinajstić information content (AvgIpc) is 3.47. The number of benzene rings is 2. The largest absolute Gasteiger partial charge is 0.508 e. The lowest BCUT2D eigenvalue weighted by atomic mass is 9.57. The molecular formula is C62H86N4O9S. The van der Waals surface area contributed by atoms with Crippen molar-refractivity contribution >= 4 is 43.9 Å². The number of nitrogens with one attached hydrogen (secondary N) is 2. The van der Waals surface area contributed by atoms with Crippen LogP contribution in [0.15, 0.2) is 60.7 Å². The molecule has 2 aromatic carbocycles. The normalized spacial score (nSPS) is 29.7. The van der Waals surface area contributed by atoms with Crippen LogP contribution >= 0.6 is 0 Å². The van der Waals surface area contributed by atoms with Crippen molar-refractivity contribution in [1.29, 1.82) is 0 Å². The van der Waals surface area contributed by atoms with Crippen LogP contribution in [0.5, 0.6) is 11.5 Å². The summed E-state index contributed by atoms with van der Waals surface area (Å²) >= 11 is 0. The van der Waals surface area contributed by atoms with Gasteiger partial charge in [-0.1, -0.05) is 50.7 Å². The molecule has 76 heavy (non-hydrogen) atoms. The number of ether oxygens (including phenoxy) is 2. The van der Waals surface area contributed by atoms with Crippen molar-refractivity contribution < 1.29 is 41.9 Å². The Balaban J connectivity index is 0.000000140. The van der Waals surface area contributed by atoms with E-state index in [0.29, 0.717) is 16.9 Å². The molecule has 0 unspecified atom stereocenters. The van der Waals surface area contributed by atoms with Crippen LogP contribution in [0.25, 0.3) is 21.8 Å². The van der Waals surface area contributed by atoms with E-state index in [4.69, 9.17) is 18.6 Å². The number of fused-ring (bicyclic) bond motifs is 8. The Labute approximate surface area is 451 Å². The minimum absolute atomic E-state index is 0.0275. The van der Waals surface area contributed by atoms with Crippen LogP contribution in [0.4, 0.5) is 0 Å². The molecular weight excluding hydrogens is 977 g/mol. The number of hydrogen-bond acceptors (Lipinski definition) is 12. The van der Waals surface area contributed by atoms with E-state index in [1.54, 1.807) is 12.1 Å². The first-order chi connectivity index (χ1) is 36.5. The molecule has 0 atom stereocenters. The Kier molecular flexibility index (Phi) is 16.5. The number of pyridine rings is 2.